The molecule has 1 unspecified atom stereocenters. The summed E-state index contributed by atoms with van der Waals surface area (Å²) in [7, 11) is 0. The summed E-state index contributed by atoms with van der Waals surface area (Å²) >= 11 is 5.62. The van der Waals surface area contributed by atoms with Gasteiger partial charge in [-0.05, 0) is 37.6 Å². The molecule has 4 heteroatoms. The minimum Gasteiger partial charge on any atom is -0.390 e. The van der Waals surface area contributed by atoms with Gasteiger partial charge in [0.25, 0.3) is 0 Å². The summed E-state index contributed by atoms with van der Waals surface area (Å²) in [6.07, 6.45) is 1.04. The highest BCUT2D eigenvalue weighted by atomic mass is 35.5. The first-order valence-electron chi connectivity index (χ1n) is 6.20. The van der Waals surface area contributed by atoms with Gasteiger partial charge >= 0.3 is 0 Å². The van der Waals surface area contributed by atoms with Crippen molar-refractivity contribution in [3.05, 3.63) is 34.6 Å². The van der Waals surface area contributed by atoms with Crippen molar-refractivity contribution in [1.29, 1.82) is 0 Å². The molecule has 0 amide bonds. The van der Waals surface area contributed by atoms with Crippen LogP contribution < -0.4 is 5.32 Å². The van der Waals surface area contributed by atoms with Crippen molar-refractivity contribution in [2.45, 2.75) is 45.3 Å². The van der Waals surface area contributed by atoms with E-state index >= 15 is 0 Å². The Hall–Kier alpha value is -0.640. The number of aliphatic hydroxyl groups is 1. The molecule has 0 radical (unpaired) electrons. The fraction of sp³-hybridized carbons (Fsp3) is 0.571. The van der Waals surface area contributed by atoms with E-state index in [2.05, 4.69) is 19.2 Å². The van der Waals surface area contributed by atoms with E-state index in [9.17, 15) is 9.50 Å². The smallest absolute Gasteiger partial charge is 0.142 e. The van der Waals surface area contributed by atoms with Gasteiger partial charge < -0.3 is 10.4 Å². The fourth-order valence-corrected chi connectivity index (χ4v) is 1.93. The second kappa shape index (κ2) is 6.50. The van der Waals surface area contributed by atoms with Crippen molar-refractivity contribution in [2.75, 3.05) is 6.54 Å². The average molecular weight is 274 g/mol. The van der Waals surface area contributed by atoms with E-state index in [0.29, 0.717) is 18.9 Å². The van der Waals surface area contributed by atoms with Crippen LogP contribution in [0.3, 0.4) is 0 Å². The molecule has 0 aliphatic carbocycles. The maximum atomic E-state index is 13.3. The number of halogens is 2. The minimum absolute atomic E-state index is 0.111. The summed E-state index contributed by atoms with van der Waals surface area (Å²) in [4.78, 5) is 0. The maximum absolute atomic E-state index is 13.3. The number of nitrogens with one attached hydrogen (secondary N) is 1. The Kier molecular flexibility index (Phi) is 5.57. The Bertz CT molecular complexity index is 393. The lowest BCUT2D eigenvalue weighted by atomic mass is 9.93. The van der Waals surface area contributed by atoms with Crippen molar-refractivity contribution in [3.8, 4) is 0 Å². The number of rotatable bonds is 6. The Morgan fingerprint density at radius 3 is 2.67 bits per heavy atom. The third-order valence-electron chi connectivity index (χ3n) is 2.79. The van der Waals surface area contributed by atoms with Crippen LogP contribution in [0.4, 0.5) is 4.39 Å². The van der Waals surface area contributed by atoms with E-state index in [1.54, 1.807) is 13.0 Å². The first kappa shape index (κ1) is 15.4. The molecule has 18 heavy (non-hydrogen) atoms. The Balaban J connectivity index is 2.55. The lowest BCUT2D eigenvalue weighted by molar-refractivity contribution is 0.0510. The van der Waals surface area contributed by atoms with Crippen molar-refractivity contribution >= 4 is 11.6 Å². The standard InChI is InChI=1S/C14H21ClFNO/c1-10(2)17-7-6-14(3,18)9-11-4-5-12(15)13(16)8-11/h4-5,8,10,17-18H,6-7,9H2,1-3H3. The third kappa shape index (κ3) is 5.34. The van der Waals surface area contributed by atoms with Crippen molar-refractivity contribution < 1.29 is 9.50 Å². The molecule has 0 saturated carbocycles. The molecule has 2 nitrogen and oxygen atoms in total. The van der Waals surface area contributed by atoms with Crippen molar-refractivity contribution in [1.82, 2.24) is 5.32 Å². The Labute approximate surface area is 113 Å². The minimum atomic E-state index is -0.845. The molecule has 1 aromatic carbocycles. The van der Waals surface area contributed by atoms with Gasteiger partial charge in [-0.15, -0.1) is 0 Å². The highest BCUT2D eigenvalue weighted by Gasteiger charge is 2.21. The van der Waals surface area contributed by atoms with Gasteiger partial charge in [-0.2, -0.15) is 0 Å². The van der Waals surface area contributed by atoms with Crippen molar-refractivity contribution in [3.63, 3.8) is 0 Å². The highest BCUT2D eigenvalue weighted by Crippen LogP contribution is 2.21. The Morgan fingerprint density at radius 2 is 2.11 bits per heavy atom. The van der Waals surface area contributed by atoms with Crippen LogP contribution in [-0.4, -0.2) is 23.3 Å². The molecule has 0 aliphatic heterocycles. The number of benzene rings is 1. The van der Waals surface area contributed by atoms with E-state index in [-0.39, 0.29) is 5.02 Å². The van der Waals surface area contributed by atoms with E-state index in [1.807, 2.05) is 0 Å². The van der Waals surface area contributed by atoms with Crippen LogP contribution in [-0.2, 0) is 6.42 Å². The van der Waals surface area contributed by atoms with Crippen LogP contribution in [0.2, 0.25) is 5.02 Å². The number of hydrogen-bond donors (Lipinski definition) is 2. The van der Waals surface area contributed by atoms with Gasteiger partial charge in [0.1, 0.15) is 5.82 Å². The SMILES string of the molecule is CC(C)NCCC(C)(O)Cc1ccc(Cl)c(F)c1. The average Bonchev–Trinajstić information content (AvgIpc) is 2.22. The summed E-state index contributed by atoms with van der Waals surface area (Å²) in [5.74, 6) is -0.440. The molecule has 0 fully saturated rings. The van der Waals surface area contributed by atoms with Crippen LogP contribution >= 0.6 is 11.6 Å². The molecule has 1 rings (SSSR count). The van der Waals surface area contributed by atoms with Crippen LogP contribution in [0, 0.1) is 5.82 Å². The van der Waals surface area contributed by atoms with E-state index in [1.165, 1.54) is 12.1 Å². The summed E-state index contributed by atoms with van der Waals surface area (Å²) in [5, 5.41) is 13.6. The van der Waals surface area contributed by atoms with E-state index < -0.39 is 11.4 Å². The summed E-state index contributed by atoms with van der Waals surface area (Å²) < 4.78 is 13.3. The quantitative estimate of drug-likeness (QED) is 0.834. The monoisotopic (exact) mass is 273 g/mol. The molecular weight excluding hydrogens is 253 g/mol. The molecular formula is C14H21ClFNO. The van der Waals surface area contributed by atoms with Gasteiger partial charge in [0, 0.05) is 12.5 Å². The van der Waals surface area contributed by atoms with Crippen LogP contribution in [0.1, 0.15) is 32.8 Å². The molecule has 0 saturated heterocycles. The Morgan fingerprint density at radius 1 is 1.44 bits per heavy atom. The molecule has 0 aliphatic rings. The van der Waals surface area contributed by atoms with Crippen LogP contribution in [0.15, 0.2) is 18.2 Å². The van der Waals surface area contributed by atoms with Crippen molar-refractivity contribution in [2.24, 2.45) is 0 Å². The van der Waals surface area contributed by atoms with Gasteiger partial charge in [0.2, 0.25) is 0 Å². The second-order valence-corrected chi connectivity index (χ2v) is 5.69. The lowest BCUT2D eigenvalue weighted by Gasteiger charge is -2.24. The van der Waals surface area contributed by atoms with E-state index in [0.717, 1.165) is 12.1 Å². The predicted molar refractivity (Wildman–Crippen MR) is 73.5 cm³/mol. The molecule has 0 bridgehead atoms. The number of hydrogen-bond acceptors (Lipinski definition) is 2. The van der Waals surface area contributed by atoms with Gasteiger partial charge in [-0.25, -0.2) is 4.39 Å². The third-order valence-corrected chi connectivity index (χ3v) is 3.09. The zero-order chi connectivity index (χ0) is 13.8. The first-order valence-corrected chi connectivity index (χ1v) is 6.58. The normalized spacial score (nSPS) is 14.8. The first-order chi connectivity index (χ1) is 8.30. The zero-order valence-electron chi connectivity index (χ0n) is 11.1. The van der Waals surface area contributed by atoms with Gasteiger partial charge in [-0.1, -0.05) is 31.5 Å². The summed E-state index contributed by atoms with van der Waals surface area (Å²) in [6.45, 7) is 6.62. The topological polar surface area (TPSA) is 32.3 Å². The molecule has 0 aromatic heterocycles. The zero-order valence-corrected chi connectivity index (χ0v) is 11.9. The molecule has 2 N–H and O–H groups in total. The molecule has 102 valence electrons. The second-order valence-electron chi connectivity index (χ2n) is 5.28. The molecule has 0 spiro atoms. The van der Waals surface area contributed by atoms with Gasteiger partial charge in [-0.3, -0.25) is 0 Å². The van der Waals surface area contributed by atoms with E-state index in [4.69, 9.17) is 11.6 Å². The van der Waals surface area contributed by atoms with Gasteiger partial charge in [0.15, 0.2) is 0 Å². The lowest BCUT2D eigenvalue weighted by Crippen LogP contribution is -2.34. The highest BCUT2D eigenvalue weighted by molar-refractivity contribution is 6.30. The molecule has 1 aromatic rings. The van der Waals surface area contributed by atoms with Gasteiger partial charge in [0.05, 0.1) is 10.6 Å². The predicted octanol–water partition coefficient (Wildman–Crippen LogP) is 3.16. The van der Waals surface area contributed by atoms with Crippen LogP contribution in [0.5, 0.6) is 0 Å². The maximum Gasteiger partial charge on any atom is 0.142 e. The largest absolute Gasteiger partial charge is 0.390 e. The fourth-order valence-electron chi connectivity index (χ4n) is 1.81. The summed E-state index contributed by atoms with van der Waals surface area (Å²) in [5.41, 5.74) is -0.0891. The summed E-state index contributed by atoms with van der Waals surface area (Å²) in [6, 6.07) is 5.05. The molecule has 1 atom stereocenters. The molecule has 0 heterocycles. The van der Waals surface area contributed by atoms with Crippen LogP contribution in [0.25, 0.3) is 0 Å².